The average molecular weight is 426 g/mol. The predicted molar refractivity (Wildman–Crippen MR) is 111 cm³/mol. The number of hydrogen-bond donors (Lipinski definition) is 3. The molecule has 3 rings (SSSR count). The first-order valence-corrected chi connectivity index (χ1v) is 9.28. The Morgan fingerprint density at radius 1 is 1.18 bits per heavy atom. The van der Waals surface area contributed by atoms with Gasteiger partial charge in [-0.3, -0.25) is 9.59 Å². The van der Waals surface area contributed by atoms with Crippen LogP contribution in [0.25, 0.3) is 0 Å². The van der Waals surface area contributed by atoms with Gasteiger partial charge in [0.25, 0.3) is 5.91 Å². The summed E-state index contributed by atoms with van der Waals surface area (Å²) in [6.45, 7) is 0.868. The summed E-state index contributed by atoms with van der Waals surface area (Å²) in [6.07, 6.45) is 2.86. The van der Waals surface area contributed by atoms with Crippen LogP contribution in [0.3, 0.4) is 0 Å². The van der Waals surface area contributed by atoms with Crippen molar-refractivity contribution in [3.05, 3.63) is 64.4 Å². The maximum atomic E-state index is 13.7. The molecule has 0 aliphatic carbocycles. The third kappa shape index (κ3) is 5.67. The third-order valence-electron chi connectivity index (χ3n) is 4.50. The Balaban J connectivity index is 0.00000280. The summed E-state index contributed by atoms with van der Waals surface area (Å²) >= 11 is 6.13. The van der Waals surface area contributed by atoms with Crippen molar-refractivity contribution in [2.24, 2.45) is 0 Å². The Labute approximate surface area is 174 Å². The van der Waals surface area contributed by atoms with Crippen LogP contribution in [0.15, 0.2) is 42.5 Å². The van der Waals surface area contributed by atoms with E-state index in [1.54, 1.807) is 30.3 Å². The molecule has 28 heavy (non-hydrogen) atoms. The van der Waals surface area contributed by atoms with Gasteiger partial charge in [0, 0.05) is 17.8 Å². The molecule has 1 atom stereocenters. The van der Waals surface area contributed by atoms with Crippen molar-refractivity contribution in [2.75, 3.05) is 11.9 Å². The highest BCUT2D eigenvalue weighted by molar-refractivity contribution is 6.34. The minimum atomic E-state index is -0.435. The van der Waals surface area contributed by atoms with E-state index >= 15 is 0 Å². The summed E-state index contributed by atoms with van der Waals surface area (Å²) < 4.78 is 13.7. The first-order valence-electron chi connectivity index (χ1n) is 8.90. The molecule has 1 unspecified atom stereocenters. The SMILES string of the molecule is Cl.O=C(NCc1ccccc1F)c1cc(NC(=O)C2CCCCN2)ccc1Cl. The number of halogens is 3. The minimum absolute atomic E-state index is 0. The highest BCUT2D eigenvalue weighted by Gasteiger charge is 2.21. The molecule has 2 aromatic carbocycles. The molecule has 2 amide bonds. The lowest BCUT2D eigenvalue weighted by atomic mass is 10.0. The van der Waals surface area contributed by atoms with Gasteiger partial charge in [-0.1, -0.05) is 36.2 Å². The number of carbonyl (C=O) groups is 2. The lowest BCUT2D eigenvalue weighted by Crippen LogP contribution is -2.43. The van der Waals surface area contributed by atoms with Crippen LogP contribution >= 0.6 is 24.0 Å². The summed E-state index contributed by atoms with van der Waals surface area (Å²) in [5.74, 6) is -0.949. The Hall–Kier alpha value is -2.15. The average Bonchev–Trinajstić information content (AvgIpc) is 2.69. The van der Waals surface area contributed by atoms with Gasteiger partial charge in [-0.05, 0) is 43.7 Å². The zero-order chi connectivity index (χ0) is 19.2. The van der Waals surface area contributed by atoms with E-state index in [4.69, 9.17) is 11.6 Å². The van der Waals surface area contributed by atoms with Gasteiger partial charge in [0.1, 0.15) is 5.82 Å². The van der Waals surface area contributed by atoms with E-state index in [9.17, 15) is 14.0 Å². The highest BCUT2D eigenvalue weighted by atomic mass is 35.5. The summed E-state index contributed by atoms with van der Waals surface area (Å²) in [6, 6.07) is 10.7. The molecule has 1 fully saturated rings. The van der Waals surface area contributed by atoms with Gasteiger partial charge in [-0.15, -0.1) is 12.4 Å². The quantitative estimate of drug-likeness (QED) is 0.679. The van der Waals surface area contributed by atoms with Crippen molar-refractivity contribution in [3.63, 3.8) is 0 Å². The van der Waals surface area contributed by atoms with Gasteiger partial charge < -0.3 is 16.0 Å². The van der Waals surface area contributed by atoms with E-state index in [0.717, 1.165) is 25.8 Å². The van der Waals surface area contributed by atoms with E-state index in [1.807, 2.05) is 0 Å². The summed E-state index contributed by atoms with van der Waals surface area (Å²) in [5.41, 5.74) is 1.10. The smallest absolute Gasteiger partial charge is 0.253 e. The molecule has 1 heterocycles. The van der Waals surface area contributed by atoms with Crippen LogP contribution in [-0.4, -0.2) is 24.4 Å². The summed E-state index contributed by atoms with van der Waals surface area (Å²) in [7, 11) is 0. The normalized spacial score (nSPS) is 16.0. The van der Waals surface area contributed by atoms with E-state index in [1.165, 1.54) is 12.1 Å². The maximum absolute atomic E-state index is 13.7. The molecule has 0 aromatic heterocycles. The zero-order valence-electron chi connectivity index (χ0n) is 15.1. The second-order valence-electron chi connectivity index (χ2n) is 6.46. The number of amides is 2. The Morgan fingerprint density at radius 2 is 1.96 bits per heavy atom. The molecular formula is C20H22Cl2FN3O2. The molecule has 0 saturated carbocycles. The Morgan fingerprint density at radius 3 is 2.68 bits per heavy atom. The number of anilines is 1. The summed E-state index contributed by atoms with van der Waals surface area (Å²) in [4.78, 5) is 24.8. The van der Waals surface area contributed by atoms with Crippen molar-refractivity contribution < 1.29 is 14.0 Å². The minimum Gasteiger partial charge on any atom is -0.348 e. The number of rotatable bonds is 5. The van der Waals surface area contributed by atoms with E-state index in [2.05, 4.69) is 16.0 Å². The van der Waals surface area contributed by atoms with Crippen LogP contribution in [0, 0.1) is 5.82 Å². The number of nitrogens with one attached hydrogen (secondary N) is 3. The molecule has 0 bridgehead atoms. The fraction of sp³-hybridized carbons (Fsp3) is 0.300. The highest BCUT2D eigenvalue weighted by Crippen LogP contribution is 2.21. The lowest BCUT2D eigenvalue weighted by molar-refractivity contribution is -0.118. The summed E-state index contributed by atoms with van der Waals surface area (Å²) in [5, 5.41) is 8.91. The Kier molecular flexibility index (Phi) is 8.23. The van der Waals surface area contributed by atoms with Gasteiger partial charge in [-0.2, -0.15) is 0 Å². The molecule has 8 heteroatoms. The first-order chi connectivity index (χ1) is 13.0. The van der Waals surface area contributed by atoms with E-state index in [-0.39, 0.29) is 47.3 Å². The Bertz CT molecular complexity index is 842. The van der Waals surface area contributed by atoms with Crippen molar-refractivity contribution in [1.82, 2.24) is 10.6 Å². The van der Waals surface area contributed by atoms with Crippen LogP contribution in [0.5, 0.6) is 0 Å². The van der Waals surface area contributed by atoms with Crippen LogP contribution in [-0.2, 0) is 11.3 Å². The van der Waals surface area contributed by atoms with Gasteiger partial charge in [-0.25, -0.2) is 4.39 Å². The fourth-order valence-electron chi connectivity index (χ4n) is 2.99. The molecule has 1 saturated heterocycles. The first kappa shape index (κ1) is 22.1. The number of piperidine rings is 1. The van der Waals surface area contributed by atoms with Crippen molar-refractivity contribution >= 4 is 41.5 Å². The monoisotopic (exact) mass is 425 g/mol. The van der Waals surface area contributed by atoms with Crippen LogP contribution in [0.4, 0.5) is 10.1 Å². The van der Waals surface area contributed by atoms with Gasteiger partial charge in [0.15, 0.2) is 0 Å². The molecular weight excluding hydrogens is 404 g/mol. The predicted octanol–water partition coefficient (Wildman–Crippen LogP) is 3.91. The van der Waals surface area contributed by atoms with Crippen LogP contribution < -0.4 is 16.0 Å². The van der Waals surface area contributed by atoms with Gasteiger partial charge >= 0.3 is 0 Å². The topological polar surface area (TPSA) is 70.2 Å². The molecule has 150 valence electrons. The molecule has 2 aromatic rings. The molecule has 1 aliphatic heterocycles. The lowest BCUT2D eigenvalue weighted by Gasteiger charge is -2.22. The number of carbonyl (C=O) groups excluding carboxylic acids is 2. The third-order valence-corrected chi connectivity index (χ3v) is 4.83. The van der Waals surface area contributed by atoms with Crippen LogP contribution in [0.1, 0.15) is 35.2 Å². The van der Waals surface area contributed by atoms with Gasteiger partial charge in [0.05, 0.1) is 16.6 Å². The van der Waals surface area contributed by atoms with Crippen molar-refractivity contribution in [3.8, 4) is 0 Å². The number of hydrogen-bond acceptors (Lipinski definition) is 3. The van der Waals surface area contributed by atoms with E-state index < -0.39 is 5.91 Å². The molecule has 5 nitrogen and oxygen atoms in total. The second-order valence-corrected chi connectivity index (χ2v) is 6.87. The van der Waals surface area contributed by atoms with Gasteiger partial charge in [0.2, 0.25) is 5.91 Å². The standard InChI is InChI=1S/C20H21ClFN3O2.ClH/c21-16-9-8-14(25-20(27)18-7-3-4-10-23-18)11-15(16)19(26)24-12-13-5-1-2-6-17(13)22;/h1-2,5-6,8-9,11,18,23H,3-4,7,10,12H2,(H,24,26)(H,25,27);1H. The fourth-order valence-corrected chi connectivity index (χ4v) is 3.20. The maximum Gasteiger partial charge on any atom is 0.253 e. The molecule has 0 spiro atoms. The molecule has 3 N–H and O–H groups in total. The second kappa shape index (κ2) is 10.4. The van der Waals surface area contributed by atoms with Crippen LogP contribution in [0.2, 0.25) is 5.02 Å². The largest absolute Gasteiger partial charge is 0.348 e. The zero-order valence-corrected chi connectivity index (χ0v) is 16.7. The van der Waals surface area contributed by atoms with Crippen molar-refractivity contribution in [2.45, 2.75) is 31.8 Å². The van der Waals surface area contributed by atoms with Crippen molar-refractivity contribution in [1.29, 1.82) is 0 Å². The van der Waals surface area contributed by atoms with E-state index in [0.29, 0.717) is 11.3 Å². The molecule has 0 radical (unpaired) electrons. The molecule has 1 aliphatic rings. The number of benzene rings is 2.